The third kappa shape index (κ3) is 1.71. The van der Waals surface area contributed by atoms with E-state index in [-0.39, 0.29) is 0 Å². The van der Waals surface area contributed by atoms with Gasteiger partial charge < -0.3 is 4.74 Å². The molecule has 0 amide bonds. The highest BCUT2D eigenvalue weighted by molar-refractivity contribution is 5.36. The number of nitriles is 1. The van der Waals surface area contributed by atoms with Crippen LogP contribution in [0.15, 0.2) is 18.2 Å². The van der Waals surface area contributed by atoms with Gasteiger partial charge in [-0.3, -0.25) is 0 Å². The van der Waals surface area contributed by atoms with E-state index in [9.17, 15) is 0 Å². The Hall–Kier alpha value is -1.49. The SMILES string of the molecule is Cc1ccc(C)c(OC#N)c1. The fourth-order valence-corrected chi connectivity index (χ4v) is 0.866. The van der Waals surface area contributed by atoms with Gasteiger partial charge in [0, 0.05) is 0 Å². The molecule has 0 aliphatic heterocycles. The second-order valence-corrected chi connectivity index (χ2v) is 2.46. The normalized spacial score (nSPS) is 8.82. The Kier molecular flexibility index (Phi) is 2.12. The summed E-state index contributed by atoms with van der Waals surface area (Å²) in [6, 6.07) is 5.76. The molecular formula is C9H9NO. The van der Waals surface area contributed by atoms with Crippen molar-refractivity contribution in [2.24, 2.45) is 0 Å². The van der Waals surface area contributed by atoms with Crippen LogP contribution in [-0.2, 0) is 0 Å². The summed E-state index contributed by atoms with van der Waals surface area (Å²) in [7, 11) is 0. The van der Waals surface area contributed by atoms with Gasteiger partial charge in [0.25, 0.3) is 6.26 Å². The molecule has 1 aromatic carbocycles. The molecule has 0 spiro atoms. The highest BCUT2D eigenvalue weighted by Gasteiger charge is 1.97. The quantitative estimate of drug-likeness (QED) is 0.570. The zero-order chi connectivity index (χ0) is 8.27. The number of hydrogen-bond donors (Lipinski definition) is 0. The highest BCUT2D eigenvalue weighted by atomic mass is 16.5. The Labute approximate surface area is 66.0 Å². The van der Waals surface area contributed by atoms with Gasteiger partial charge in [0.05, 0.1) is 0 Å². The lowest BCUT2D eigenvalue weighted by molar-refractivity contribution is 0.502. The Bertz CT molecular complexity index is 299. The maximum absolute atomic E-state index is 8.26. The van der Waals surface area contributed by atoms with Crippen molar-refractivity contribution < 1.29 is 4.74 Å². The van der Waals surface area contributed by atoms with E-state index in [4.69, 9.17) is 10.00 Å². The van der Waals surface area contributed by atoms with Crippen LogP contribution in [0, 0.1) is 25.4 Å². The summed E-state index contributed by atoms with van der Waals surface area (Å²) in [5.74, 6) is 0.646. The molecule has 56 valence electrons. The molecule has 0 unspecified atom stereocenters. The van der Waals surface area contributed by atoms with E-state index in [1.165, 1.54) is 0 Å². The van der Waals surface area contributed by atoms with Crippen molar-refractivity contribution in [3.8, 4) is 12.0 Å². The first kappa shape index (κ1) is 7.62. The minimum Gasteiger partial charge on any atom is -0.388 e. The van der Waals surface area contributed by atoms with Gasteiger partial charge in [-0.25, -0.2) is 0 Å². The maximum atomic E-state index is 8.26. The van der Waals surface area contributed by atoms with Crippen LogP contribution in [-0.4, -0.2) is 0 Å². The van der Waals surface area contributed by atoms with E-state index >= 15 is 0 Å². The number of hydrogen-bond acceptors (Lipinski definition) is 2. The molecule has 0 bridgehead atoms. The van der Waals surface area contributed by atoms with Crippen molar-refractivity contribution in [3.63, 3.8) is 0 Å². The Morgan fingerprint density at radius 3 is 2.73 bits per heavy atom. The summed E-state index contributed by atoms with van der Waals surface area (Å²) in [5, 5.41) is 8.26. The van der Waals surface area contributed by atoms with Crippen molar-refractivity contribution in [2.75, 3.05) is 0 Å². The summed E-state index contributed by atoms with van der Waals surface area (Å²) in [4.78, 5) is 0. The van der Waals surface area contributed by atoms with E-state index in [2.05, 4.69) is 0 Å². The van der Waals surface area contributed by atoms with E-state index in [0.29, 0.717) is 5.75 Å². The Morgan fingerprint density at radius 1 is 1.36 bits per heavy atom. The van der Waals surface area contributed by atoms with E-state index < -0.39 is 0 Å². The Balaban J connectivity index is 3.05. The predicted octanol–water partition coefficient (Wildman–Crippen LogP) is 2.16. The summed E-state index contributed by atoms with van der Waals surface area (Å²) in [6.45, 7) is 3.87. The lowest BCUT2D eigenvalue weighted by atomic mass is 10.1. The van der Waals surface area contributed by atoms with Crippen LogP contribution in [0.2, 0.25) is 0 Å². The largest absolute Gasteiger partial charge is 0.388 e. The van der Waals surface area contributed by atoms with Gasteiger partial charge in [-0.15, -0.1) is 5.26 Å². The summed E-state index contributed by atoms with van der Waals surface area (Å²) >= 11 is 0. The fraction of sp³-hybridized carbons (Fsp3) is 0.222. The number of rotatable bonds is 1. The molecule has 0 fully saturated rings. The van der Waals surface area contributed by atoms with Crippen LogP contribution >= 0.6 is 0 Å². The average molecular weight is 147 g/mol. The molecule has 0 N–H and O–H groups in total. The van der Waals surface area contributed by atoms with Crippen LogP contribution in [0.4, 0.5) is 0 Å². The lowest BCUT2D eigenvalue weighted by Gasteiger charge is -2.00. The molecule has 11 heavy (non-hydrogen) atoms. The minimum absolute atomic E-state index is 0.646. The van der Waals surface area contributed by atoms with Crippen LogP contribution in [0.3, 0.4) is 0 Å². The lowest BCUT2D eigenvalue weighted by Crippen LogP contribution is -1.86. The van der Waals surface area contributed by atoms with Crippen molar-refractivity contribution in [1.29, 1.82) is 5.26 Å². The maximum Gasteiger partial charge on any atom is 0.292 e. The average Bonchev–Trinajstić information content (AvgIpc) is 1.98. The van der Waals surface area contributed by atoms with Gasteiger partial charge in [0.1, 0.15) is 5.75 Å². The van der Waals surface area contributed by atoms with E-state index in [0.717, 1.165) is 11.1 Å². The van der Waals surface area contributed by atoms with E-state index in [1.54, 1.807) is 6.26 Å². The summed E-state index contributed by atoms with van der Waals surface area (Å²) in [6.07, 6.45) is 1.65. The van der Waals surface area contributed by atoms with Crippen LogP contribution in [0.1, 0.15) is 11.1 Å². The fourth-order valence-electron chi connectivity index (χ4n) is 0.866. The van der Waals surface area contributed by atoms with Gasteiger partial charge in [0.15, 0.2) is 0 Å². The van der Waals surface area contributed by atoms with Crippen molar-refractivity contribution in [3.05, 3.63) is 29.3 Å². The molecule has 1 rings (SSSR count). The molecule has 0 aromatic heterocycles. The number of benzene rings is 1. The minimum atomic E-state index is 0.646. The molecule has 2 nitrogen and oxygen atoms in total. The van der Waals surface area contributed by atoms with Crippen molar-refractivity contribution in [1.82, 2.24) is 0 Å². The third-order valence-corrected chi connectivity index (χ3v) is 1.50. The monoisotopic (exact) mass is 147 g/mol. The Morgan fingerprint density at radius 2 is 2.09 bits per heavy atom. The smallest absolute Gasteiger partial charge is 0.292 e. The van der Waals surface area contributed by atoms with Gasteiger partial charge >= 0.3 is 0 Å². The summed E-state index contributed by atoms with van der Waals surface area (Å²) in [5.41, 5.74) is 2.08. The van der Waals surface area contributed by atoms with Crippen LogP contribution in [0.5, 0.6) is 5.75 Å². The van der Waals surface area contributed by atoms with Gasteiger partial charge in [-0.2, -0.15) is 0 Å². The van der Waals surface area contributed by atoms with Crippen LogP contribution < -0.4 is 4.74 Å². The first-order valence-electron chi connectivity index (χ1n) is 3.37. The molecule has 0 aliphatic carbocycles. The van der Waals surface area contributed by atoms with Crippen molar-refractivity contribution in [2.45, 2.75) is 13.8 Å². The number of ether oxygens (including phenoxy) is 1. The van der Waals surface area contributed by atoms with Crippen LogP contribution in [0.25, 0.3) is 0 Å². The predicted molar refractivity (Wildman–Crippen MR) is 42.2 cm³/mol. The topological polar surface area (TPSA) is 33.0 Å². The highest BCUT2D eigenvalue weighted by Crippen LogP contribution is 2.18. The molecular weight excluding hydrogens is 138 g/mol. The zero-order valence-electron chi connectivity index (χ0n) is 6.59. The third-order valence-electron chi connectivity index (χ3n) is 1.50. The van der Waals surface area contributed by atoms with Gasteiger partial charge in [0.2, 0.25) is 0 Å². The standard InChI is InChI=1S/C9H9NO/c1-7-3-4-8(2)9(5-7)11-6-10/h3-5H,1-2H3. The molecule has 0 heterocycles. The summed E-state index contributed by atoms with van der Waals surface area (Å²) < 4.78 is 4.72. The number of nitrogens with zero attached hydrogens (tertiary/aromatic N) is 1. The molecule has 0 saturated heterocycles. The number of aryl methyl sites for hydroxylation is 2. The molecule has 1 aromatic rings. The van der Waals surface area contributed by atoms with Gasteiger partial charge in [-0.05, 0) is 31.0 Å². The van der Waals surface area contributed by atoms with E-state index in [1.807, 2.05) is 32.0 Å². The first-order chi connectivity index (χ1) is 5.24. The molecule has 0 atom stereocenters. The molecule has 2 heteroatoms. The second kappa shape index (κ2) is 3.07. The molecule has 0 radical (unpaired) electrons. The zero-order valence-corrected chi connectivity index (χ0v) is 6.59. The second-order valence-electron chi connectivity index (χ2n) is 2.46. The molecule has 0 saturated carbocycles. The van der Waals surface area contributed by atoms with Gasteiger partial charge in [-0.1, -0.05) is 12.1 Å². The first-order valence-corrected chi connectivity index (χ1v) is 3.37. The molecule has 0 aliphatic rings. The van der Waals surface area contributed by atoms with Crippen molar-refractivity contribution >= 4 is 0 Å².